The van der Waals surface area contributed by atoms with Gasteiger partial charge < -0.3 is 34.1 Å². The van der Waals surface area contributed by atoms with Crippen LogP contribution in [-0.2, 0) is 27.2 Å². The molecule has 3 aromatic rings. The number of esters is 1. The van der Waals surface area contributed by atoms with Gasteiger partial charge in [-0.2, -0.15) is 0 Å². The van der Waals surface area contributed by atoms with Crippen LogP contribution in [0.15, 0.2) is 72.8 Å². The van der Waals surface area contributed by atoms with Crippen LogP contribution in [0.25, 0.3) is 0 Å². The summed E-state index contributed by atoms with van der Waals surface area (Å²) in [4.78, 5) is 25.1. The number of aliphatic carboxylic acids is 1. The first kappa shape index (κ1) is 30.5. The Balaban J connectivity index is 1.59. The molecule has 0 aromatic heterocycles. The van der Waals surface area contributed by atoms with Crippen LogP contribution in [0, 0.1) is 0 Å². The van der Waals surface area contributed by atoms with E-state index in [9.17, 15) is 14.7 Å². The lowest BCUT2D eigenvalue weighted by molar-refractivity contribution is -0.168. The van der Waals surface area contributed by atoms with Gasteiger partial charge in [-0.3, -0.25) is 0 Å². The topological polar surface area (TPSA) is 115 Å². The molecule has 0 aliphatic rings. The SMILES string of the molecule is COc1ccc(CCN(C)CC(O)COc2ccccc2C(CCc2ccccc2)OC(=O)C(=O)O)cc1OC. The van der Waals surface area contributed by atoms with Crippen LogP contribution < -0.4 is 14.2 Å². The summed E-state index contributed by atoms with van der Waals surface area (Å²) in [5.74, 6) is -1.22. The number of carbonyl (C=O) groups is 2. The van der Waals surface area contributed by atoms with E-state index < -0.39 is 24.1 Å². The molecule has 2 unspecified atom stereocenters. The molecule has 0 saturated carbocycles. The molecular formula is C31H37NO8. The first-order valence-corrected chi connectivity index (χ1v) is 13.1. The van der Waals surface area contributed by atoms with Crippen LogP contribution in [0.1, 0.15) is 29.2 Å². The number of aliphatic hydroxyl groups is 1. The number of carboxylic acid groups (broad SMARTS) is 1. The fourth-order valence-corrected chi connectivity index (χ4v) is 4.32. The zero-order valence-corrected chi connectivity index (χ0v) is 23.1. The molecule has 9 nitrogen and oxygen atoms in total. The van der Waals surface area contributed by atoms with Gasteiger partial charge in [0, 0.05) is 18.7 Å². The normalized spacial score (nSPS) is 12.4. The highest BCUT2D eigenvalue weighted by Crippen LogP contribution is 2.32. The number of hydrogen-bond donors (Lipinski definition) is 2. The molecule has 0 aliphatic carbocycles. The fourth-order valence-electron chi connectivity index (χ4n) is 4.32. The molecule has 40 heavy (non-hydrogen) atoms. The first-order valence-electron chi connectivity index (χ1n) is 13.1. The van der Waals surface area contributed by atoms with Crippen LogP contribution in [0.5, 0.6) is 17.2 Å². The average Bonchev–Trinajstić information content (AvgIpc) is 2.97. The van der Waals surface area contributed by atoms with Crippen molar-refractivity contribution in [3.05, 3.63) is 89.5 Å². The van der Waals surface area contributed by atoms with E-state index in [-0.39, 0.29) is 6.61 Å². The van der Waals surface area contributed by atoms with Crippen molar-refractivity contribution in [1.29, 1.82) is 0 Å². The number of hydrogen-bond acceptors (Lipinski definition) is 8. The molecule has 0 amide bonds. The van der Waals surface area contributed by atoms with Crippen molar-refractivity contribution in [2.24, 2.45) is 0 Å². The lowest BCUT2D eigenvalue weighted by Crippen LogP contribution is -2.34. The Morgan fingerprint density at radius 3 is 2.25 bits per heavy atom. The van der Waals surface area contributed by atoms with Crippen LogP contribution in [-0.4, -0.2) is 74.1 Å². The van der Waals surface area contributed by atoms with E-state index in [2.05, 4.69) is 0 Å². The third kappa shape index (κ3) is 9.29. The van der Waals surface area contributed by atoms with Crippen LogP contribution in [0.3, 0.4) is 0 Å². The highest BCUT2D eigenvalue weighted by atomic mass is 16.6. The number of methoxy groups -OCH3 is 2. The smallest absolute Gasteiger partial charge is 0.417 e. The Kier molecular flexibility index (Phi) is 11.8. The molecule has 9 heteroatoms. The first-order chi connectivity index (χ1) is 19.3. The molecule has 0 spiro atoms. The lowest BCUT2D eigenvalue weighted by Gasteiger charge is -2.23. The van der Waals surface area contributed by atoms with Gasteiger partial charge in [0.1, 0.15) is 24.6 Å². The predicted octanol–water partition coefficient (Wildman–Crippen LogP) is 3.92. The second-order valence-electron chi connectivity index (χ2n) is 9.43. The van der Waals surface area contributed by atoms with Crippen molar-refractivity contribution in [2.75, 3.05) is 41.0 Å². The van der Waals surface area contributed by atoms with Gasteiger partial charge >= 0.3 is 11.9 Å². The van der Waals surface area contributed by atoms with Crippen molar-refractivity contribution in [2.45, 2.75) is 31.5 Å². The van der Waals surface area contributed by atoms with Gasteiger partial charge in [0.25, 0.3) is 0 Å². The third-order valence-corrected chi connectivity index (χ3v) is 6.41. The number of para-hydroxylation sites is 1. The van der Waals surface area contributed by atoms with Gasteiger partial charge in [-0.15, -0.1) is 0 Å². The second kappa shape index (κ2) is 15.5. The molecule has 0 saturated heterocycles. The summed E-state index contributed by atoms with van der Waals surface area (Å²) in [5.41, 5.74) is 2.66. The van der Waals surface area contributed by atoms with Crippen molar-refractivity contribution in [3.8, 4) is 17.2 Å². The van der Waals surface area contributed by atoms with Crippen LogP contribution in [0.2, 0.25) is 0 Å². The quantitative estimate of drug-likeness (QED) is 0.214. The van der Waals surface area contributed by atoms with Crippen molar-refractivity contribution >= 4 is 11.9 Å². The van der Waals surface area contributed by atoms with Gasteiger partial charge in [-0.25, -0.2) is 9.59 Å². The summed E-state index contributed by atoms with van der Waals surface area (Å²) in [5, 5.41) is 19.8. The molecule has 2 N–H and O–H groups in total. The molecule has 3 aromatic carbocycles. The number of rotatable bonds is 15. The molecule has 0 bridgehead atoms. The summed E-state index contributed by atoms with van der Waals surface area (Å²) < 4.78 is 21.9. The van der Waals surface area contributed by atoms with Crippen LogP contribution in [0.4, 0.5) is 0 Å². The highest BCUT2D eigenvalue weighted by molar-refractivity contribution is 6.28. The van der Waals surface area contributed by atoms with E-state index in [1.807, 2.05) is 60.5 Å². The van der Waals surface area contributed by atoms with E-state index in [0.717, 1.165) is 17.5 Å². The number of likely N-dealkylation sites (N-methyl/N-ethyl adjacent to an activating group) is 1. The predicted molar refractivity (Wildman–Crippen MR) is 150 cm³/mol. The van der Waals surface area contributed by atoms with Gasteiger partial charge in [0.15, 0.2) is 11.5 Å². The Morgan fingerprint density at radius 1 is 0.850 bits per heavy atom. The number of benzene rings is 3. The largest absolute Gasteiger partial charge is 0.493 e. The van der Waals surface area contributed by atoms with E-state index in [1.54, 1.807) is 38.5 Å². The standard InChI is InChI=1S/C31H37NO8/c1-32(18-17-23-14-16-28(37-2)29(19-23)38-3)20-24(33)21-39-26-12-8-7-11-25(26)27(40-31(36)30(34)35)15-13-22-9-5-4-6-10-22/h4-12,14,16,19,24,27,33H,13,15,17-18,20-21H2,1-3H3,(H,34,35). The lowest BCUT2D eigenvalue weighted by atomic mass is 10.0. The summed E-state index contributed by atoms with van der Waals surface area (Å²) in [7, 11) is 5.12. The molecule has 0 aliphatic heterocycles. The van der Waals surface area contributed by atoms with Gasteiger partial charge in [0.2, 0.25) is 0 Å². The molecule has 214 valence electrons. The summed E-state index contributed by atoms with van der Waals surface area (Å²) >= 11 is 0. The monoisotopic (exact) mass is 551 g/mol. The maximum absolute atomic E-state index is 11.9. The van der Waals surface area contributed by atoms with Crippen molar-refractivity contribution in [3.63, 3.8) is 0 Å². The summed E-state index contributed by atoms with van der Waals surface area (Å²) in [6.45, 7) is 1.09. The van der Waals surface area contributed by atoms with Crippen molar-refractivity contribution < 1.29 is 38.7 Å². The highest BCUT2D eigenvalue weighted by Gasteiger charge is 2.24. The maximum Gasteiger partial charge on any atom is 0.417 e. The number of ether oxygens (including phenoxy) is 4. The number of carboxylic acids is 1. The number of aliphatic hydroxyl groups excluding tert-OH is 1. The molecular weight excluding hydrogens is 514 g/mol. The zero-order valence-electron chi connectivity index (χ0n) is 23.1. The molecule has 2 atom stereocenters. The van der Waals surface area contributed by atoms with E-state index in [0.29, 0.717) is 48.7 Å². The Morgan fingerprint density at radius 2 is 1.55 bits per heavy atom. The van der Waals surface area contributed by atoms with E-state index >= 15 is 0 Å². The average molecular weight is 552 g/mol. The van der Waals surface area contributed by atoms with Gasteiger partial charge in [-0.1, -0.05) is 54.6 Å². The molecule has 0 radical (unpaired) electrons. The van der Waals surface area contributed by atoms with E-state index in [4.69, 9.17) is 24.1 Å². The minimum Gasteiger partial charge on any atom is -0.493 e. The number of aryl methyl sites for hydroxylation is 1. The zero-order chi connectivity index (χ0) is 28.9. The fraction of sp³-hybridized carbons (Fsp3) is 0.355. The number of nitrogens with zero attached hydrogens (tertiary/aromatic N) is 1. The molecule has 3 rings (SSSR count). The maximum atomic E-state index is 11.9. The second-order valence-corrected chi connectivity index (χ2v) is 9.43. The van der Waals surface area contributed by atoms with E-state index in [1.165, 1.54) is 0 Å². The van der Waals surface area contributed by atoms with Gasteiger partial charge in [-0.05, 0) is 55.6 Å². The van der Waals surface area contributed by atoms with Crippen molar-refractivity contribution in [1.82, 2.24) is 4.90 Å². The minimum absolute atomic E-state index is 0.00991. The third-order valence-electron chi connectivity index (χ3n) is 6.41. The minimum atomic E-state index is -1.66. The molecule has 0 heterocycles. The number of carbonyl (C=O) groups excluding carboxylic acids is 1. The summed E-state index contributed by atoms with van der Waals surface area (Å²) in [6, 6.07) is 22.4. The molecule has 0 fully saturated rings. The van der Waals surface area contributed by atoms with Gasteiger partial charge in [0.05, 0.1) is 14.2 Å². The van der Waals surface area contributed by atoms with Crippen LogP contribution >= 0.6 is 0 Å². The Bertz CT molecular complexity index is 1230. The Labute approximate surface area is 234 Å². The summed E-state index contributed by atoms with van der Waals surface area (Å²) in [6.07, 6.45) is 0.0743. The Hall–Kier alpha value is -4.08.